The van der Waals surface area contributed by atoms with E-state index in [9.17, 15) is 9.59 Å². The number of nitrogens with zero attached hydrogens (tertiary/aromatic N) is 4. The number of hydrogen-bond acceptors (Lipinski definition) is 6. The monoisotopic (exact) mass is 392 g/mol. The highest BCUT2D eigenvalue weighted by Gasteiger charge is 2.57. The minimum Gasteiger partial charge on any atom is -0.443 e. The number of rotatable bonds is 3. The summed E-state index contributed by atoms with van der Waals surface area (Å²) >= 11 is 0. The molecule has 2 atom stereocenters. The number of carbonyl (C=O) groups is 2. The molecule has 4 rings (SSSR count). The van der Waals surface area contributed by atoms with Crippen molar-refractivity contribution in [3.8, 4) is 0 Å². The largest absolute Gasteiger partial charge is 0.443 e. The smallest absolute Gasteiger partial charge is 0.261 e. The number of hydrazone groups is 2. The van der Waals surface area contributed by atoms with E-state index in [0.717, 1.165) is 0 Å². The lowest BCUT2D eigenvalue weighted by Gasteiger charge is -2.37. The van der Waals surface area contributed by atoms with Gasteiger partial charge in [-0.25, -0.2) is 0 Å². The molecule has 0 fully saturated rings. The molecular formula is C21H20N4O4. The number of hydrogen-bond donors (Lipinski definition) is 0. The molecule has 148 valence electrons. The Morgan fingerprint density at radius 3 is 1.93 bits per heavy atom. The molecule has 2 aromatic rings. The first kappa shape index (κ1) is 18.7. The summed E-state index contributed by atoms with van der Waals surface area (Å²) in [6, 6.07) is 18.4. The van der Waals surface area contributed by atoms with Gasteiger partial charge in [0.25, 0.3) is 12.0 Å². The van der Waals surface area contributed by atoms with Crippen molar-refractivity contribution >= 4 is 23.6 Å². The second-order valence-corrected chi connectivity index (χ2v) is 6.86. The van der Waals surface area contributed by atoms with Gasteiger partial charge < -0.3 is 9.47 Å². The molecule has 2 unspecified atom stereocenters. The van der Waals surface area contributed by atoms with Crippen molar-refractivity contribution in [3.05, 3.63) is 71.8 Å². The van der Waals surface area contributed by atoms with E-state index in [1.54, 1.807) is 6.92 Å². The van der Waals surface area contributed by atoms with Crippen LogP contribution in [0.4, 0.5) is 0 Å². The highest BCUT2D eigenvalue weighted by molar-refractivity contribution is 5.98. The summed E-state index contributed by atoms with van der Waals surface area (Å²) in [5.74, 6) is -0.156. The summed E-state index contributed by atoms with van der Waals surface area (Å²) in [6.45, 7) is 4.41. The fourth-order valence-corrected chi connectivity index (χ4v) is 3.29. The average Bonchev–Trinajstić information content (AvgIpc) is 3.32. The maximum atomic E-state index is 12.4. The molecule has 0 saturated heterocycles. The van der Waals surface area contributed by atoms with Crippen LogP contribution in [0, 0.1) is 0 Å². The van der Waals surface area contributed by atoms with Crippen LogP contribution in [0.2, 0.25) is 0 Å². The third-order valence-electron chi connectivity index (χ3n) is 4.68. The average molecular weight is 392 g/mol. The highest BCUT2D eigenvalue weighted by Crippen LogP contribution is 2.36. The molecule has 0 saturated carbocycles. The Morgan fingerprint density at radius 1 is 0.862 bits per heavy atom. The highest BCUT2D eigenvalue weighted by atomic mass is 16.6. The van der Waals surface area contributed by atoms with E-state index in [2.05, 4.69) is 10.2 Å². The number of ether oxygens (including phenoxy) is 2. The summed E-state index contributed by atoms with van der Waals surface area (Å²) in [5, 5.41) is 11.1. The van der Waals surface area contributed by atoms with E-state index in [-0.39, 0.29) is 23.6 Å². The molecular weight excluding hydrogens is 372 g/mol. The lowest BCUT2D eigenvalue weighted by Crippen LogP contribution is -2.59. The summed E-state index contributed by atoms with van der Waals surface area (Å²) in [4.78, 5) is 24.7. The molecule has 0 spiro atoms. The lowest BCUT2D eigenvalue weighted by atomic mass is 10.1. The van der Waals surface area contributed by atoms with Gasteiger partial charge in [-0.05, 0) is 24.3 Å². The SMILES string of the molecule is CC(=O)N1N=C(c2ccccc2)OC1C1(C)OC(c2ccccc2)=NN1C(C)=O. The first-order valence-corrected chi connectivity index (χ1v) is 9.14. The van der Waals surface area contributed by atoms with E-state index in [0.29, 0.717) is 11.1 Å². The molecule has 2 aliphatic heterocycles. The van der Waals surface area contributed by atoms with Gasteiger partial charge >= 0.3 is 0 Å². The maximum absolute atomic E-state index is 12.4. The molecule has 0 radical (unpaired) electrons. The van der Waals surface area contributed by atoms with E-state index in [1.165, 1.54) is 23.9 Å². The van der Waals surface area contributed by atoms with Crippen LogP contribution in [0.3, 0.4) is 0 Å². The van der Waals surface area contributed by atoms with Crippen LogP contribution < -0.4 is 0 Å². The van der Waals surface area contributed by atoms with Crippen molar-refractivity contribution in [1.82, 2.24) is 10.0 Å². The van der Waals surface area contributed by atoms with Gasteiger partial charge in [0.2, 0.25) is 23.6 Å². The van der Waals surface area contributed by atoms with E-state index < -0.39 is 12.0 Å². The predicted molar refractivity (Wildman–Crippen MR) is 105 cm³/mol. The molecule has 2 aliphatic rings. The fraction of sp³-hybridized carbons (Fsp3) is 0.238. The molecule has 0 aromatic heterocycles. The molecule has 0 bridgehead atoms. The number of benzene rings is 2. The quantitative estimate of drug-likeness (QED) is 0.804. The number of carbonyl (C=O) groups excluding carboxylic acids is 2. The second kappa shape index (κ2) is 7.05. The third kappa shape index (κ3) is 3.22. The topological polar surface area (TPSA) is 83.8 Å². The van der Waals surface area contributed by atoms with Crippen molar-refractivity contribution in [2.45, 2.75) is 32.7 Å². The van der Waals surface area contributed by atoms with Crippen LogP contribution in [0.25, 0.3) is 0 Å². The van der Waals surface area contributed by atoms with Gasteiger partial charge in [0.05, 0.1) is 0 Å². The van der Waals surface area contributed by atoms with Gasteiger partial charge in [-0.3, -0.25) is 9.59 Å². The molecule has 0 aliphatic carbocycles. The zero-order chi connectivity index (χ0) is 20.6. The van der Waals surface area contributed by atoms with Crippen molar-refractivity contribution in [1.29, 1.82) is 0 Å². The Morgan fingerprint density at radius 2 is 1.41 bits per heavy atom. The molecule has 0 N–H and O–H groups in total. The van der Waals surface area contributed by atoms with Crippen molar-refractivity contribution in [2.75, 3.05) is 0 Å². The first-order chi connectivity index (χ1) is 13.9. The molecule has 29 heavy (non-hydrogen) atoms. The van der Waals surface area contributed by atoms with Crippen LogP contribution in [0.1, 0.15) is 31.9 Å². The second-order valence-electron chi connectivity index (χ2n) is 6.86. The zero-order valence-corrected chi connectivity index (χ0v) is 16.3. The van der Waals surface area contributed by atoms with Gasteiger partial charge in [-0.1, -0.05) is 36.4 Å². The Bertz CT molecular complexity index is 1010. The third-order valence-corrected chi connectivity index (χ3v) is 4.68. The molecule has 8 heteroatoms. The Kier molecular flexibility index (Phi) is 4.54. The summed E-state index contributed by atoms with van der Waals surface area (Å²) in [5.41, 5.74) is 0.0170. The van der Waals surface area contributed by atoms with Crippen molar-refractivity contribution in [3.63, 3.8) is 0 Å². The summed E-state index contributed by atoms with van der Waals surface area (Å²) in [7, 11) is 0. The van der Waals surface area contributed by atoms with Gasteiger partial charge in [-0.2, -0.15) is 10.0 Å². The lowest BCUT2D eigenvalue weighted by molar-refractivity contribution is -0.187. The molecule has 8 nitrogen and oxygen atoms in total. The normalized spacial score (nSPS) is 23.2. The Balaban J connectivity index is 1.70. The van der Waals surface area contributed by atoms with E-state index >= 15 is 0 Å². The van der Waals surface area contributed by atoms with Crippen LogP contribution in [-0.4, -0.2) is 45.6 Å². The molecule has 2 aromatic carbocycles. The minimum atomic E-state index is -1.40. The summed E-state index contributed by atoms with van der Waals surface area (Å²) < 4.78 is 12.2. The maximum Gasteiger partial charge on any atom is 0.261 e. The first-order valence-electron chi connectivity index (χ1n) is 9.14. The van der Waals surface area contributed by atoms with Gasteiger partial charge in [-0.15, -0.1) is 10.2 Å². The van der Waals surface area contributed by atoms with Gasteiger partial charge in [0, 0.05) is 31.9 Å². The van der Waals surface area contributed by atoms with Gasteiger partial charge in [0.1, 0.15) is 0 Å². The van der Waals surface area contributed by atoms with Gasteiger partial charge in [0.15, 0.2) is 0 Å². The van der Waals surface area contributed by atoms with E-state index in [4.69, 9.17) is 9.47 Å². The van der Waals surface area contributed by atoms with Crippen LogP contribution >= 0.6 is 0 Å². The Hall–Kier alpha value is -3.68. The van der Waals surface area contributed by atoms with Crippen molar-refractivity contribution < 1.29 is 19.1 Å². The molecule has 2 heterocycles. The standard InChI is InChI=1S/C21H20N4O4/c1-14(26)24-20(28-18(22-24)16-10-6-4-7-11-16)21(3)25(15(2)27)23-19(29-21)17-12-8-5-9-13-17/h4-13,20H,1-3H3. The minimum absolute atomic E-state index is 0.267. The van der Waals surface area contributed by atoms with Crippen LogP contribution in [0.5, 0.6) is 0 Å². The van der Waals surface area contributed by atoms with Crippen molar-refractivity contribution in [2.24, 2.45) is 10.2 Å². The van der Waals surface area contributed by atoms with Crippen LogP contribution in [0.15, 0.2) is 70.9 Å². The predicted octanol–water partition coefficient (Wildman–Crippen LogP) is 2.51. The zero-order valence-electron chi connectivity index (χ0n) is 16.3. The Labute approximate surface area is 168 Å². The number of amides is 2. The van der Waals surface area contributed by atoms with E-state index in [1.807, 2.05) is 60.7 Å². The summed E-state index contributed by atoms with van der Waals surface area (Å²) in [6.07, 6.45) is -1.01. The molecule has 2 amide bonds. The fourth-order valence-electron chi connectivity index (χ4n) is 3.29. The van der Waals surface area contributed by atoms with Crippen LogP contribution in [-0.2, 0) is 19.1 Å².